The van der Waals surface area contributed by atoms with Crippen molar-refractivity contribution in [2.75, 3.05) is 13.2 Å². The van der Waals surface area contributed by atoms with Gasteiger partial charge in [-0.25, -0.2) is 18.0 Å². The first-order valence-electron chi connectivity index (χ1n) is 12.7. The van der Waals surface area contributed by atoms with Crippen LogP contribution >= 0.6 is 0 Å². The summed E-state index contributed by atoms with van der Waals surface area (Å²) in [6.45, 7) is 6.57. The minimum Gasteiger partial charge on any atom is -0.460 e. The molecule has 8 heteroatoms. The van der Waals surface area contributed by atoms with Gasteiger partial charge in [-0.15, -0.1) is 0 Å². The van der Waals surface area contributed by atoms with Crippen LogP contribution in [0.1, 0.15) is 61.5 Å². The Labute approximate surface area is 213 Å². The molecule has 0 radical (unpaired) electrons. The zero-order valence-corrected chi connectivity index (χ0v) is 22.0. The average Bonchev–Trinajstić information content (AvgIpc) is 2.87. The fourth-order valence-corrected chi connectivity index (χ4v) is 6.73. The Balaban J connectivity index is 1.38. The number of hydrogen-bond acceptors (Lipinski definition) is 6. The van der Waals surface area contributed by atoms with Crippen molar-refractivity contribution in [1.29, 1.82) is 0 Å². The van der Waals surface area contributed by atoms with E-state index in [-0.39, 0.29) is 23.1 Å². The van der Waals surface area contributed by atoms with Gasteiger partial charge in [-0.2, -0.15) is 4.31 Å². The monoisotopic (exact) mass is 513 g/mol. The van der Waals surface area contributed by atoms with Gasteiger partial charge in [0.05, 0.1) is 10.5 Å². The van der Waals surface area contributed by atoms with Gasteiger partial charge < -0.3 is 9.47 Å². The minimum atomic E-state index is -3.80. The van der Waals surface area contributed by atoms with Crippen molar-refractivity contribution in [3.8, 4) is 0 Å². The summed E-state index contributed by atoms with van der Waals surface area (Å²) in [6, 6.07) is 13.6. The Hall–Kier alpha value is -2.71. The molecule has 0 unspecified atom stereocenters. The molecule has 1 fully saturated rings. The molecule has 1 heterocycles. The molecule has 2 aromatic rings. The molecule has 4 rings (SSSR count). The van der Waals surface area contributed by atoms with Gasteiger partial charge in [-0.3, -0.25) is 0 Å². The highest BCUT2D eigenvalue weighted by Gasteiger charge is 2.34. The van der Waals surface area contributed by atoms with Gasteiger partial charge in [0.15, 0.2) is 6.61 Å². The van der Waals surface area contributed by atoms with Gasteiger partial charge in [0, 0.05) is 13.1 Å². The summed E-state index contributed by atoms with van der Waals surface area (Å²) < 4.78 is 38.8. The van der Waals surface area contributed by atoms with E-state index in [1.165, 1.54) is 28.6 Å². The first-order chi connectivity index (χ1) is 17.1. The van der Waals surface area contributed by atoms with Crippen LogP contribution in [0.25, 0.3) is 0 Å². The molecule has 0 bridgehead atoms. The SMILES string of the molecule is CC(C)[C@@H]1CC[C@H](C)C[C@H]1OC(=O)COC(=O)c1cccc(S(=O)(=O)N2CCc3ccccc3C2)c1. The fourth-order valence-electron chi connectivity index (χ4n) is 5.27. The smallest absolute Gasteiger partial charge is 0.344 e. The molecule has 1 aliphatic carbocycles. The lowest BCUT2D eigenvalue weighted by Gasteiger charge is -2.36. The van der Waals surface area contributed by atoms with Crippen LogP contribution in [0.3, 0.4) is 0 Å². The predicted molar refractivity (Wildman–Crippen MR) is 136 cm³/mol. The number of esters is 2. The van der Waals surface area contributed by atoms with Crippen molar-refractivity contribution in [2.45, 2.75) is 64.0 Å². The maximum absolute atomic E-state index is 13.3. The second kappa shape index (κ2) is 11.1. The van der Waals surface area contributed by atoms with E-state index >= 15 is 0 Å². The predicted octanol–water partition coefficient (Wildman–Crippen LogP) is 4.59. The normalized spacial score (nSPS) is 22.6. The largest absolute Gasteiger partial charge is 0.460 e. The number of benzene rings is 2. The summed E-state index contributed by atoms with van der Waals surface area (Å²) >= 11 is 0. The highest BCUT2D eigenvalue weighted by atomic mass is 32.2. The van der Waals surface area contributed by atoms with E-state index in [1.54, 1.807) is 0 Å². The molecule has 36 heavy (non-hydrogen) atoms. The summed E-state index contributed by atoms with van der Waals surface area (Å²) in [6.07, 6.45) is 3.40. The van der Waals surface area contributed by atoms with Gasteiger partial charge in [-0.05, 0) is 66.3 Å². The molecule has 0 N–H and O–H groups in total. The molecule has 2 aromatic carbocycles. The molecule has 0 amide bonds. The lowest BCUT2D eigenvalue weighted by Crippen LogP contribution is -2.36. The van der Waals surface area contributed by atoms with E-state index in [0.717, 1.165) is 30.4 Å². The van der Waals surface area contributed by atoms with Crippen LogP contribution in [0.15, 0.2) is 53.4 Å². The number of fused-ring (bicyclic) bond motifs is 1. The topological polar surface area (TPSA) is 90.0 Å². The van der Waals surface area contributed by atoms with Crippen molar-refractivity contribution in [3.05, 3.63) is 65.2 Å². The van der Waals surface area contributed by atoms with Gasteiger partial charge in [0.25, 0.3) is 0 Å². The van der Waals surface area contributed by atoms with Crippen molar-refractivity contribution in [2.24, 2.45) is 17.8 Å². The van der Waals surface area contributed by atoms with Crippen LogP contribution in [0.4, 0.5) is 0 Å². The maximum atomic E-state index is 13.3. The van der Waals surface area contributed by atoms with Gasteiger partial charge in [0.2, 0.25) is 10.0 Å². The Kier molecular flexibility index (Phi) is 8.15. The third-order valence-electron chi connectivity index (χ3n) is 7.37. The zero-order chi connectivity index (χ0) is 25.9. The maximum Gasteiger partial charge on any atom is 0.344 e. The number of ether oxygens (including phenoxy) is 2. The Morgan fingerprint density at radius 2 is 1.81 bits per heavy atom. The second-order valence-electron chi connectivity index (χ2n) is 10.3. The molecule has 7 nitrogen and oxygen atoms in total. The van der Waals surface area contributed by atoms with E-state index in [4.69, 9.17) is 9.47 Å². The van der Waals surface area contributed by atoms with E-state index < -0.39 is 28.6 Å². The van der Waals surface area contributed by atoms with E-state index in [9.17, 15) is 18.0 Å². The second-order valence-corrected chi connectivity index (χ2v) is 12.3. The number of sulfonamides is 1. The Morgan fingerprint density at radius 3 is 2.56 bits per heavy atom. The standard InChI is InChI=1S/C28H35NO6S/c1-19(2)25-12-11-20(3)15-26(25)35-27(30)18-34-28(31)22-9-6-10-24(16-22)36(32,33)29-14-13-21-7-4-5-8-23(21)17-29/h4-10,16,19-20,25-26H,11-15,17-18H2,1-3H3/t20-,25-,26+/m0/s1. The summed E-state index contributed by atoms with van der Waals surface area (Å²) in [4.78, 5) is 25.1. The van der Waals surface area contributed by atoms with Crippen LogP contribution in [-0.4, -0.2) is 43.9 Å². The molecule has 0 spiro atoms. The first-order valence-corrected chi connectivity index (χ1v) is 14.1. The van der Waals surface area contributed by atoms with Gasteiger partial charge in [-0.1, -0.05) is 57.5 Å². The number of carbonyl (C=O) groups excluding carboxylic acids is 2. The summed E-state index contributed by atoms with van der Waals surface area (Å²) in [5, 5.41) is 0. The molecule has 194 valence electrons. The highest BCUT2D eigenvalue weighted by molar-refractivity contribution is 7.89. The molecule has 1 saturated carbocycles. The number of carbonyl (C=O) groups is 2. The third kappa shape index (κ3) is 5.98. The van der Waals surface area contributed by atoms with E-state index in [1.807, 2.05) is 24.3 Å². The summed E-state index contributed by atoms with van der Waals surface area (Å²) in [5.41, 5.74) is 2.21. The Bertz CT molecular complexity index is 1210. The van der Waals surface area contributed by atoms with Crippen LogP contribution < -0.4 is 0 Å². The molecule has 0 aromatic heterocycles. The molecular weight excluding hydrogens is 478 g/mol. The molecule has 2 aliphatic rings. The Morgan fingerprint density at radius 1 is 1.06 bits per heavy atom. The minimum absolute atomic E-state index is 0.0230. The molecular formula is C28H35NO6S. The number of hydrogen-bond donors (Lipinski definition) is 0. The van der Waals surface area contributed by atoms with E-state index in [0.29, 0.717) is 30.7 Å². The average molecular weight is 514 g/mol. The van der Waals surface area contributed by atoms with Gasteiger partial charge >= 0.3 is 11.9 Å². The van der Waals surface area contributed by atoms with Gasteiger partial charge in [0.1, 0.15) is 6.10 Å². The molecule has 3 atom stereocenters. The van der Waals surface area contributed by atoms with Crippen molar-refractivity contribution < 1.29 is 27.5 Å². The number of nitrogens with zero attached hydrogens (tertiary/aromatic N) is 1. The fraction of sp³-hybridized carbons (Fsp3) is 0.500. The van der Waals surface area contributed by atoms with Crippen LogP contribution in [-0.2, 0) is 37.3 Å². The van der Waals surface area contributed by atoms with Crippen LogP contribution in [0, 0.1) is 17.8 Å². The highest BCUT2D eigenvalue weighted by Crippen LogP contribution is 2.35. The van der Waals surface area contributed by atoms with Crippen molar-refractivity contribution >= 4 is 22.0 Å². The quantitative estimate of drug-likeness (QED) is 0.503. The van der Waals surface area contributed by atoms with E-state index in [2.05, 4.69) is 20.8 Å². The number of rotatable bonds is 7. The lowest BCUT2D eigenvalue weighted by molar-refractivity contribution is -0.159. The van der Waals surface area contributed by atoms with Crippen molar-refractivity contribution in [1.82, 2.24) is 4.31 Å². The first kappa shape index (κ1) is 26.4. The summed E-state index contributed by atoms with van der Waals surface area (Å²) in [5.74, 6) is -0.159. The summed E-state index contributed by atoms with van der Waals surface area (Å²) in [7, 11) is -3.80. The van der Waals surface area contributed by atoms with Crippen LogP contribution in [0.2, 0.25) is 0 Å². The van der Waals surface area contributed by atoms with Crippen LogP contribution in [0.5, 0.6) is 0 Å². The zero-order valence-electron chi connectivity index (χ0n) is 21.2. The molecule has 0 saturated heterocycles. The third-order valence-corrected chi connectivity index (χ3v) is 9.21. The van der Waals surface area contributed by atoms with Crippen molar-refractivity contribution in [3.63, 3.8) is 0 Å². The molecule has 1 aliphatic heterocycles. The lowest BCUT2D eigenvalue weighted by atomic mass is 9.75.